The van der Waals surface area contributed by atoms with Gasteiger partial charge in [0.2, 0.25) is 0 Å². The van der Waals surface area contributed by atoms with Gasteiger partial charge in [-0.3, -0.25) is 0 Å². The first kappa shape index (κ1) is 12.9. The zero-order valence-corrected chi connectivity index (χ0v) is 9.25. The lowest BCUT2D eigenvalue weighted by Gasteiger charge is -2.16. The minimum Gasteiger partial charge on any atom is -0.379 e. The van der Waals surface area contributed by atoms with Crippen LogP contribution in [-0.2, 0) is 9.47 Å². The van der Waals surface area contributed by atoms with Gasteiger partial charge < -0.3 is 15.2 Å². The monoisotopic (exact) mass is 189 g/mol. The third-order valence-corrected chi connectivity index (χ3v) is 1.80. The van der Waals surface area contributed by atoms with Crippen molar-refractivity contribution in [2.75, 3.05) is 19.8 Å². The molecule has 0 rings (SSSR count). The predicted molar refractivity (Wildman–Crippen MR) is 54.7 cm³/mol. The van der Waals surface area contributed by atoms with E-state index in [1.165, 1.54) is 0 Å². The van der Waals surface area contributed by atoms with Crippen LogP contribution in [-0.4, -0.2) is 32.0 Å². The summed E-state index contributed by atoms with van der Waals surface area (Å²) in [5.74, 6) is 0.589. The van der Waals surface area contributed by atoms with Crippen LogP contribution in [0, 0.1) is 5.92 Å². The van der Waals surface area contributed by atoms with Crippen LogP contribution in [0.5, 0.6) is 0 Å². The molecule has 13 heavy (non-hydrogen) atoms. The summed E-state index contributed by atoms with van der Waals surface area (Å²) in [5.41, 5.74) is 5.63. The Labute approximate surface area is 81.6 Å². The normalized spacial score (nSPS) is 16.2. The quantitative estimate of drug-likeness (QED) is 0.616. The van der Waals surface area contributed by atoms with Crippen molar-refractivity contribution in [1.29, 1.82) is 0 Å². The van der Waals surface area contributed by atoms with E-state index in [1.54, 1.807) is 0 Å². The minimum absolute atomic E-state index is 0.0881. The van der Waals surface area contributed by atoms with Crippen molar-refractivity contribution in [3.8, 4) is 0 Å². The smallest absolute Gasteiger partial charge is 0.0704 e. The van der Waals surface area contributed by atoms with Crippen molar-refractivity contribution < 1.29 is 9.47 Å². The summed E-state index contributed by atoms with van der Waals surface area (Å²) in [6.45, 7) is 10.3. The maximum Gasteiger partial charge on any atom is 0.0704 e. The minimum atomic E-state index is 0.0881. The molecule has 0 aromatic heterocycles. The van der Waals surface area contributed by atoms with Gasteiger partial charge in [-0.05, 0) is 19.8 Å². The fourth-order valence-corrected chi connectivity index (χ4v) is 0.764. The number of hydrogen-bond donors (Lipinski definition) is 1. The fourth-order valence-electron chi connectivity index (χ4n) is 0.764. The highest BCUT2D eigenvalue weighted by atomic mass is 16.5. The van der Waals surface area contributed by atoms with Gasteiger partial charge in [-0.2, -0.15) is 0 Å². The molecule has 0 aliphatic carbocycles. The molecule has 0 aliphatic rings. The Hall–Kier alpha value is -0.120. The van der Waals surface area contributed by atoms with E-state index >= 15 is 0 Å². The van der Waals surface area contributed by atoms with E-state index in [4.69, 9.17) is 15.2 Å². The van der Waals surface area contributed by atoms with Gasteiger partial charge in [0.15, 0.2) is 0 Å². The van der Waals surface area contributed by atoms with Crippen molar-refractivity contribution in [2.24, 2.45) is 11.7 Å². The topological polar surface area (TPSA) is 44.5 Å². The zero-order chi connectivity index (χ0) is 10.3. The van der Waals surface area contributed by atoms with Gasteiger partial charge in [0.1, 0.15) is 0 Å². The van der Waals surface area contributed by atoms with Gasteiger partial charge in [-0.1, -0.05) is 13.8 Å². The molecule has 0 radical (unpaired) electrons. The Morgan fingerprint density at radius 3 is 2.15 bits per heavy atom. The SMILES string of the molecule is CC(C)COCCOC(C)[C@H](C)N. The maximum absolute atomic E-state index is 5.63. The second-order valence-corrected chi connectivity index (χ2v) is 3.90. The third-order valence-electron chi connectivity index (χ3n) is 1.80. The van der Waals surface area contributed by atoms with E-state index in [2.05, 4.69) is 13.8 Å². The van der Waals surface area contributed by atoms with E-state index < -0.39 is 0 Å². The lowest BCUT2D eigenvalue weighted by Crippen LogP contribution is -2.32. The third kappa shape index (κ3) is 8.22. The van der Waals surface area contributed by atoms with Gasteiger partial charge in [-0.25, -0.2) is 0 Å². The van der Waals surface area contributed by atoms with Gasteiger partial charge in [0.05, 0.1) is 19.3 Å². The molecule has 3 heteroatoms. The molecule has 0 saturated heterocycles. The molecule has 80 valence electrons. The molecule has 0 bridgehead atoms. The van der Waals surface area contributed by atoms with Crippen molar-refractivity contribution in [3.05, 3.63) is 0 Å². The molecule has 0 spiro atoms. The average molecular weight is 189 g/mol. The van der Waals surface area contributed by atoms with E-state index in [-0.39, 0.29) is 12.1 Å². The summed E-state index contributed by atoms with van der Waals surface area (Å²) >= 11 is 0. The van der Waals surface area contributed by atoms with Gasteiger partial charge in [-0.15, -0.1) is 0 Å². The largest absolute Gasteiger partial charge is 0.379 e. The van der Waals surface area contributed by atoms with E-state index in [0.717, 1.165) is 6.61 Å². The number of rotatable bonds is 7. The summed E-state index contributed by atoms with van der Waals surface area (Å²) < 4.78 is 10.8. The Kier molecular flexibility index (Phi) is 7.23. The fraction of sp³-hybridized carbons (Fsp3) is 1.00. The van der Waals surface area contributed by atoms with Gasteiger partial charge in [0, 0.05) is 12.6 Å². The van der Waals surface area contributed by atoms with Crippen molar-refractivity contribution >= 4 is 0 Å². The first-order valence-corrected chi connectivity index (χ1v) is 4.99. The number of nitrogens with two attached hydrogens (primary N) is 1. The lowest BCUT2D eigenvalue weighted by atomic mass is 10.2. The van der Waals surface area contributed by atoms with E-state index in [9.17, 15) is 0 Å². The average Bonchev–Trinajstić information content (AvgIpc) is 2.02. The molecule has 0 aliphatic heterocycles. The molecule has 3 nitrogen and oxygen atoms in total. The zero-order valence-electron chi connectivity index (χ0n) is 9.25. The molecule has 0 aromatic carbocycles. The van der Waals surface area contributed by atoms with E-state index in [0.29, 0.717) is 19.1 Å². The Morgan fingerprint density at radius 2 is 1.69 bits per heavy atom. The maximum atomic E-state index is 5.63. The van der Waals surface area contributed by atoms with Crippen LogP contribution < -0.4 is 5.73 Å². The number of ether oxygens (including phenoxy) is 2. The molecule has 1 unspecified atom stereocenters. The molecule has 0 saturated carbocycles. The molecule has 0 fully saturated rings. The molecule has 2 atom stereocenters. The van der Waals surface area contributed by atoms with Crippen LogP contribution >= 0.6 is 0 Å². The van der Waals surface area contributed by atoms with Gasteiger partial charge in [0.25, 0.3) is 0 Å². The standard InChI is InChI=1S/C10H23NO2/c1-8(2)7-12-5-6-13-10(4)9(3)11/h8-10H,5-7,11H2,1-4H3/t9-,10?/m0/s1. The summed E-state index contributed by atoms with van der Waals surface area (Å²) in [5, 5.41) is 0. The van der Waals surface area contributed by atoms with Crippen molar-refractivity contribution in [2.45, 2.75) is 39.8 Å². The summed E-state index contributed by atoms with van der Waals surface area (Å²) in [6.07, 6.45) is 0.114. The molecule has 0 aromatic rings. The highest BCUT2D eigenvalue weighted by Crippen LogP contribution is 1.96. The molecular weight excluding hydrogens is 166 g/mol. The first-order chi connectivity index (χ1) is 6.04. The second-order valence-electron chi connectivity index (χ2n) is 3.90. The van der Waals surface area contributed by atoms with Crippen LogP contribution in [0.3, 0.4) is 0 Å². The molecule has 0 amide bonds. The molecular formula is C10H23NO2. The van der Waals surface area contributed by atoms with Crippen molar-refractivity contribution in [3.63, 3.8) is 0 Å². The Balaban J connectivity index is 3.16. The van der Waals surface area contributed by atoms with Crippen LogP contribution in [0.2, 0.25) is 0 Å². The molecule has 0 heterocycles. The van der Waals surface area contributed by atoms with Gasteiger partial charge >= 0.3 is 0 Å². The Bertz CT molecular complexity index is 115. The summed E-state index contributed by atoms with van der Waals surface area (Å²) in [7, 11) is 0. The summed E-state index contributed by atoms with van der Waals surface area (Å²) in [4.78, 5) is 0. The summed E-state index contributed by atoms with van der Waals surface area (Å²) in [6, 6.07) is 0.0881. The highest BCUT2D eigenvalue weighted by Gasteiger charge is 2.06. The second kappa shape index (κ2) is 7.30. The highest BCUT2D eigenvalue weighted by molar-refractivity contribution is 4.61. The van der Waals surface area contributed by atoms with Crippen LogP contribution in [0.4, 0.5) is 0 Å². The first-order valence-electron chi connectivity index (χ1n) is 4.99. The Morgan fingerprint density at radius 1 is 1.08 bits per heavy atom. The molecule has 2 N–H and O–H groups in total. The lowest BCUT2D eigenvalue weighted by molar-refractivity contribution is -0.000725. The van der Waals surface area contributed by atoms with E-state index in [1.807, 2.05) is 13.8 Å². The van der Waals surface area contributed by atoms with Crippen LogP contribution in [0.25, 0.3) is 0 Å². The predicted octanol–water partition coefficient (Wildman–Crippen LogP) is 1.41. The number of hydrogen-bond acceptors (Lipinski definition) is 3. The van der Waals surface area contributed by atoms with Crippen LogP contribution in [0.15, 0.2) is 0 Å². The van der Waals surface area contributed by atoms with Crippen molar-refractivity contribution in [1.82, 2.24) is 0 Å². The van der Waals surface area contributed by atoms with Crippen LogP contribution in [0.1, 0.15) is 27.7 Å².